The molecule has 0 saturated heterocycles. The summed E-state index contributed by atoms with van der Waals surface area (Å²) in [4.78, 5) is 15.9. The van der Waals surface area contributed by atoms with E-state index in [4.69, 9.17) is 0 Å². The lowest BCUT2D eigenvalue weighted by molar-refractivity contribution is 0.102. The van der Waals surface area contributed by atoms with Gasteiger partial charge in [-0.3, -0.25) is 4.79 Å². The summed E-state index contributed by atoms with van der Waals surface area (Å²) in [7, 11) is 1.74. The molecule has 1 amide bonds. The van der Waals surface area contributed by atoms with Crippen LogP contribution in [0, 0.1) is 5.82 Å². The second-order valence-corrected chi connectivity index (χ2v) is 4.68. The smallest absolute Gasteiger partial charge is 0.257 e. The molecule has 2 rings (SSSR count). The minimum Gasteiger partial charge on any atom is -0.373 e. The summed E-state index contributed by atoms with van der Waals surface area (Å²) < 4.78 is 14.2. The Morgan fingerprint density at radius 3 is 2.74 bits per heavy atom. The average Bonchev–Trinajstić information content (AvgIpc) is 2.43. The largest absolute Gasteiger partial charge is 0.373 e. The number of benzene rings is 1. The van der Waals surface area contributed by atoms with Gasteiger partial charge in [-0.25, -0.2) is 9.37 Å². The van der Waals surface area contributed by atoms with Crippen LogP contribution in [0.2, 0.25) is 0 Å². The third kappa shape index (κ3) is 3.29. The van der Waals surface area contributed by atoms with Crippen molar-refractivity contribution in [1.29, 1.82) is 0 Å². The molecule has 0 aliphatic carbocycles. The van der Waals surface area contributed by atoms with Crippen LogP contribution in [-0.4, -0.2) is 17.9 Å². The maximum Gasteiger partial charge on any atom is 0.257 e. The monoisotopic (exact) mass is 323 g/mol. The fourth-order valence-corrected chi connectivity index (χ4v) is 1.82. The number of carbonyl (C=O) groups is 1. The number of rotatable bonds is 3. The predicted molar refractivity (Wildman–Crippen MR) is 75.8 cm³/mol. The molecule has 2 aromatic rings. The number of hydrogen-bond donors (Lipinski definition) is 2. The van der Waals surface area contributed by atoms with Crippen LogP contribution >= 0.6 is 15.9 Å². The van der Waals surface area contributed by atoms with Crippen LogP contribution in [0.1, 0.15) is 10.4 Å². The van der Waals surface area contributed by atoms with Gasteiger partial charge in [0.25, 0.3) is 5.91 Å². The van der Waals surface area contributed by atoms with Gasteiger partial charge in [0, 0.05) is 17.7 Å². The van der Waals surface area contributed by atoms with Gasteiger partial charge < -0.3 is 10.6 Å². The van der Waals surface area contributed by atoms with Crippen molar-refractivity contribution in [2.75, 3.05) is 17.7 Å². The second-order valence-electron chi connectivity index (χ2n) is 3.76. The quantitative estimate of drug-likeness (QED) is 0.911. The number of nitrogens with one attached hydrogen (secondary N) is 2. The topological polar surface area (TPSA) is 54.0 Å². The van der Waals surface area contributed by atoms with Crippen molar-refractivity contribution in [3.8, 4) is 0 Å². The molecule has 2 N–H and O–H groups in total. The van der Waals surface area contributed by atoms with Crippen molar-refractivity contribution < 1.29 is 9.18 Å². The maximum absolute atomic E-state index is 13.5. The van der Waals surface area contributed by atoms with Gasteiger partial charge in [0.05, 0.1) is 11.3 Å². The second kappa shape index (κ2) is 5.79. The fourth-order valence-electron chi connectivity index (χ4n) is 1.46. The van der Waals surface area contributed by atoms with Gasteiger partial charge in [-0.2, -0.15) is 0 Å². The first-order valence-corrected chi connectivity index (χ1v) is 6.29. The molecular weight excluding hydrogens is 313 g/mol. The molecule has 4 nitrogen and oxygen atoms in total. The third-order valence-electron chi connectivity index (χ3n) is 2.46. The SMILES string of the molecule is CNc1ccc(C(=O)Nc2cc(Br)ccc2F)cn1. The van der Waals surface area contributed by atoms with E-state index in [9.17, 15) is 9.18 Å². The molecule has 98 valence electrons. The van der Waals surface area contributed by atoms with Gasteiger partial charge in [0.1, 0.15) is 11.6 Å². The summed E-state index contributed by atoms with van der Waals surface area (Å²) >= 11 is 3.22. The molecule has 0 saturated carbocycles. The van der Waals surface area contributed by atoms with Gasteiger partial charge in [-0.05, 0) is 30.3 Å². The number of nitrogens with zero attached hydrogens (tertiary/aromatic N) is 1. The Kier molecular flexibility index (Phi) is 4.11. The van der Waals surface area contributed by atoms with Crippen molar-refractivity contribution in [3.63, 3.8) is 0 Å². The maximum atomic E-state index is 13.5. The molecule has 6 heteroatoms. The van der Waals surface area contributed by atoms with E-state index >= 15 is 0 Å². The van der Waals surface area contributed by atoms with Crippen molar-refractivity contribution in [3.05, 3.63) is 52.4 Å². The highest BCUT2D eigenvalue weighted by molar-refractivity contribution is 9.10. The van der Waals surface area contributed by atoms with Crippen molar-refractivity contribution >= 4 is 33.3 Å². The average molecular weight is 324 g/mol. The van der Waals surface area contributed by atoms with Crippen molar-refractivity contribution in [1.82, 2.24) is 4.98 Å². The summed E-state index contributed by atoms with van der Waals surface area (Å²) in [6.07, 6.45) is 1.43. The summed E-state index contributed by atoms with van der Waals surface area (Å²) in [5.74, 6) is -0.242. The van der Waals surface area contributed by atoms with E-state index in [1.807, 2.05) is 0 Å². The van der Waals surface area contributed by atoms with Crippen LogP contribution < -0.4 is 10.6 Å². The standard InChI is InChI=1S/C13H11BrFN3O/c1-16-12-5-2-8(7-17-12)13(19)18-11-6-9(14)3-4-10(11)15/h2-7H,1H3,(H,16,17)(H,18,19). The molecule has 1 aromatic carbocycles. The van der Waals surface area contributed by atoms with E-state index in [1.54, 1.807) is 25.2 Å². The molecule has 0 bridgehead atoms. The van der Waals surface area contributed by atoms with Crippen LogP contribution in [0.3, 0.4) is 0 Å². The van der Waals surface area contributed by atoms with Gasteiger partial charge >= 0.3 is 0 Å². The van der Waals surface area contributed by atoms with E-state index < -0.39 is 11.7 Å². The molecule has 0 atom stereocenters. The van der Waals surface area contributed by atoms with E-state index in [0.29, 0.717) is 15.9 Å². The molecule has 0 radical (unpaired) electrons. The van der Waals surface area contributed by atoms with Crippen LogP contribution in [-0.2, 0) is 0 Å². The molecule has 0 aliphatic rings. The normalized spacial score (nSPS) is 10.1. The lowest BCUT2D eigenvalue weighted by Crippen LogP contribution is -2.13. The summed E-state index contributed by atoms with van der Waals surface area (Å²) in [5.41, 5.74) is 0.482. The molecule has 1 aromatic heterocycles. The van der Waals surface area contributed by atoms with Gasteiger partial charge in [0.2, 0.25) is 0 Å². The predicted octanol–water partition coefficient (Wildman–Crippen LogP) is 3.28. The highest BCUT2D eigenvalue weighted by Crippen LogP contribution is 2.20. The number of halogens is 2. The van der Waals surface area contributed by atoms with Crippen molar-refractivity contribution in [2.24, 2.45) is 0 Å². The van der Waals surface area contributed by atoms with E-state index in [1.165, 1.54) is 18.3 Å². The molecular formula is C13H11BrFN3O. The Balaban J connectivity index is 2.18. The van der Waals surface area contributed by atoms with Crippen LogP contribution in [0.15, 0.2) is 41.0 Å². The first-order chi connectivity index (χ1) is 9.10. The molecule has 0 fully saturated rings. The number of carbonyl (C=O) groups excluding carboxylic acids is 1. The van der Waals surface area contributed by atoms with E-state index in [0.717, 1.165) is 0 Å². The molecule has 0 spiro atoms. The Labute approximate surface area is 118 Å². The van der Waals surface area contributed by atoms with Crippen LogP contribution in [0.5, 0.6) is 0 Å². The Hall–Kier alpha value is -1.95. The summed E-state index contributed by atoms with van der Waals surface area (Å²) in [6, 6.07) is 7.63. The van der Waals surface area contributed by atoms with E-state index in [-0.39, 0.29) is 5.69 Å². The van der Waals surface area contributed by atoms with Crippen LogP contribution in [0.25, 0.3) is 0 Å². The number of hydrogen-bond acceptors (Lipinski definition) is 3. The first-order valence-electron chi connectivity index (χ1n) is 5.50. The van der Waals surface area contributed by atoms with Gasteiger partial charge in [-0.15, -0.1) is 0 Å². The zero-order valence-electron chi connectivity index (χ0n) is 10.1. The fraction of sp³-hybridized carbons (Fsp3) is 0.0769. The Morgan fingerprint density at radius 2 is 2.11 bits per heavy atom. The number of anilines is 2. The minimum absolute atomic E-state index is 0.122. The first kappa shape index (κ1) is 13.5. The van der Waals surface area contributed by atoms with Gasteiger partial charge in [-0.1, -0.05) is 15.9 Å². The number of pyridine rings is 1. The van der Waals surface area contributed by atoms with Gasteiger partial charge in [0.15, 0.2) is 0 Å². The lowest BCUT2D eigenvalue weighted by atomic mass is 10.2. The number of amides is 1. The molecule has 19 heavy (non-hydrogen) atoms. The lowest BCUT2D eigenvalue weighted by Gasteiger charge is -2.07. The zero-order chi connectivity index (χ0) is 13.8. The Morgan fingerprint density at radius 1 is 1.32 bits per heavy atom. The molecule has 1 heterocycles. The molecule has 0 unspecified atom stereocenters. The van der Waals surface area contributed by atoms with Crippen molar-refractivity contribution in [2.45, 2.75) is 0 Å². The zero-order valence-corrected chi connectivity index (χ0v) is 11.7. The summed E-state index contributed by atoms with van der Waals surface area (Å²) in [5, 5.41) is 5.35. The highest BCUT2D eigenvalue weighted by Gasteiger charge is 2.10. The number of aromatic nitrogens is 1. The Bertz CT molecular complexity index is 601. The van der Waals surface area contributed by atoms with Crippen LogP contribution in [0.4, 0.5) is 15.9 Å². The molecule has 0 aliphatic heterocycles. The highest BCUT2D eigenvalue weighted by atomic mass is 79.9. The van der Waals surface area contributed by atoms with E-state index in [2.05, 4.69) is 31.5 Å². The summed E-state index contributed by atoms with van der Waals surface area (Å²) in [6.45, 7) is 0. The third-order valence-corrected chi connectivity index (χ3v) is 2.95. The minimum atomic E-state index is -0.489.